The van der Waals surface area contributed by atoms with Crippen molar-refractivity contribution in [3.8, 4) is 5.75 Å². The quantitative estimate of drug-likeness (QED) is 0.827. The SMILES string of the molecule is O=C(NCCc1ccco1)c1cc(I)ccc1O. The Morgan fingerprint density at radius 1 is 1.39 bits per heavy atom. The lowest BCUT2D eigenvalue weighted by atomic mass is 10.2. The summed E-state index contributed by atoms with van der Waals surface area (Å²) in [7, 11) is 0. The molecule has 0 aliphatic carbocycles. The molecule has 1 aromatic carbocycles. The fraction of sp³-hybridized carbons (Fsp3) is 0.154. The lowest BCUT2D eigenvalue weighted by Gasteiger charge is -2.06. The number of carbonyl (C=O) groups excluding carboxylic acids is 1. The Kier molecular flexibility index (Phi) is 4.24. The molecule has 1 heterocycles. The summed E-state index contributed by atoms with van der Waals surface area (Å²) < 4.78 is 6.07. The third-order valence-corrected chi connectivity index (χ3v) is 3.11. The third-order valence-electron chi connectivity index (χ3n) is 2.44. The predicted molar refractivity (Wildman–Crippen MR) is 75.6 cm³/mol. The van der Waals surface area contributed by atoms with E-state index in [1.165, 1.54) is 6.07 Å². The lowest BCUT2D eigenvalue weighted by molar-refractivity contribution is 0.0951. The molecule has 1 amide bonds. The molecule has 0 spiro atoms. The molecule has 0 aliphatic heterocycles. The van der Waals surface area contributed by atoms with Crippen molar-refractivity contribution in [3.05, 3.63) is 51.5 Å². The van der Waals surface area contributed by atoms with Crippen LogP contribution in [0.15, 0.2) is 41.0 Å². The molecular weight excluding hydrogens is 345 g/mol. The van der Waals surface area contributed by atoms with Crippen LogP contribution in [0.25, 0.3) is 0 Å². The topological polar surface area (TPSA) is 62.5 Å². The largest absolute Gasteiger partial charge is 0.507 e. The first-order valence-corrected chi connectivity index (χ1v) is 6.54. The number of hydrogen-bond acceptors (Lipinski definition) is 3. The lowest BCUT2D eigenvalue weighted by Crippen LogP contribution is -2.25. The number of halogens is 1. The number of hydrogen-bond donors (Lipinski definition) is 2. The molecule has 94 valence electrons. The number of phenolic OH excluding ortho intramolecular Hbond substituents is 1. The van der Waals surface area contributed by atoms with Crippen molar-refractivity contribution in [1.29, 1.82) is 0 Å². The number of amides is 1. The summed E-state index contributed by atoms with van der Waals surface area (Å²) in [6.07, 6.45) is 2.23. The van der Waals surface area contributed by atoms with E-state index < -0.39 is 0 Å². The average Bonchev–Trinajstić information content (AvgIpc) is 2.85. The van der Waals surface area contributed by atoms with Gasteiger partial charge >= 0.3 is 0 Å². The van der Waals surface area contributed by atoms with E-state index >= 15 is 0 Å². The van der Waals surface area contributed by atoms with Crippen LogP contribution >= 0.6 is 22.6 Å². The van der Waals surface area contributed by atoms with Gasteiger partial charge in [-0.3, -0.25) is 4.79 Å². The highest BCUT2D eigenvalue weighted by molar-refractivity contribution is 14.1. The van der Waals surface area contributed by atoms with Gasteiger partial charge in [0.1, 0.15) is 11.5 Å². The van der Waals surface area contributed by atoms with E-state index in [1.807, 2.05) is 12.1 Å². The van der Waals surface area contributed by atoms with Gasteiger partial charge in [-0.25, -0.2) is 0 Å². The summed E-state index contributed by atoms with van der Waals surface area (Å²) >= 11 is 2.10. The Hall–Kier alpha value is -1.50. The Bertz CT molecular complexity index is 537. The molecule has 2 aromatic rings. The fourth-order valence-corrected chi connectivity index (χ4v) is 2.03. The number of aromatic hydroxyl groups is 1. The number of rotatable bonds is 4. The summed E-state index contributed by atoms with van der Waals surface area (Å²) in [6, 6.07) is 8.58. The zero-order valence-electron chi connectivity index (χ0n) is 9.52. The number of furan rings is 1. The molecule has 0 aliphatic rings. The van der Waals surface area contributed by atoms with Crippen LogP contribution in [0.1, 0.15) is 16.1 Å². The average molecular weight is 357 g/mol. The Balaban J connectivity index is 1.93. The summed E-state index contributed by atoms with van der Waals surface area (Å²) in [5.74, 6) is 0.533. The summed E-state index contributed by atoms with van der Waals surface area (Å²) in [4.78, 5) is 11.8. The van der Waals surface area contributed by atoms with Gasteiger partial charge in [0.2, 0.25) is 0 Å². The van der Waals surface area contributed by atoms with Crippen LogP contribution in [0.3, 0.4) is 0 Å². The zero-order valence-corrected chi connectivity index (χ0v) is 11.7. The summed E-state index contributed by atoms with van der Waals surface area (Å²) in [5.41, 5.74) is 0.293. The first kappa shape index (κ1) is 12.9. The van der Waals surface area contributed by atoms with Crippen LogP contribution in [0, 0.1) is 3.57 Å². The van der Waals surface area contributed by atoms with Crippen molar-refractivity contribution in [2.75, 3.05) is 6.54 Å². The molecule has 0 saturated heterocycles. The maximum atomic E-state index is 11.8. The molecule has 0 unspecified atom stereocenters. The van der Waals surface area contributed by atoms with Crippen LogP contribution in [-0.4, -0.2) is 17.6 Å². The van der Waals surface area contributed by atoms with Crippen molar-refractivity contribution < 1.29 is 14.3 Å². The van der Waals surface area contributed by atoms with E-state index in [0.29, 0.717) is 18.5 Å². The molecule has 0 bridgehead atoms. The summed E-state index contributed by atoms with van der Waals surface area (Å²) in [6.45, 7) is 0.470. The Morgan fingerprint density at radius 2 is 2.22 bits per heavy atom. The monoisotopic (exact) mass is 357 g/mol. The van der Waals surface area contributed by atoms with Gasteiger partial charge in [-0.15, -0.1) is 0 Å². The maximum absolute atomic E-state index is 11.8. The van der Waals surface area contributed by atoms with Crippen LogP contribution in [0.4, 0.5) is 0 Å². The van der Waals surface area contributed by atoms with Gasteiger partial charge in [-0.05, 0) is 52.9 Å². The minimum Gasteiger partial charge on any atom is -0.507 e. The van der Waals surface area contributed by atoms with Crippen LogP contribution in [-0.2, 0) is 6.42 Å². The molecule has 1 aromatic heterocycles. The van der Waals surface area contributed by atoms with Crippen LogP contribution < -0.4 is 5.32 Å². The third kappa shape index (κ3) is 3.25. The molecule has 0 radical (unpaired) electrons. The highest BCUT2D eigenvalue weighted by atomic mass is 127. The molecule has 18 heavy (non-hydrogen) atoms. The van der Waals surface area contributed by atoms with Crippen molar-refractivity contribution >= 4 is 28.5 Å². The van der Waals surface area contributed by atoms with E-state index in [2.05, 4.69) is 27.9 Å². The van der Waals surface area contributed by atoms with E-state index in [9.17, 15) is 9.90 Å². The van der Waals surface area contributed by atoms with Gasteiger partial charge in [0.05, 0.1) is 11.8 Å². The Morgan fingerprint density at radius 3 is 2.94 bits per heavy atom. The number of nitrogens with one attached hydrogen (secondary N) is 1. The number of benzene rings is 1. The highest BCUT2D eigenvalue weighted by Gasteiger charge is 2.11. The number of phenols is 1. The predicted octanol–water partition coefficient (Wildman–Crippen LogP) is 2.56. The molecule has 2 rings (SSSR count). The normalized spacial score (nSPS) is 10.3. The fourth-order valence-electron chi connectivity index (χ4n) is 1.54. The van der Waals surface area contributed by atoms with Gasteiger partial charge in [-0.1, -0.05) is 0 Å². The van der Waals surface area contributed by atoms with Gasteiger partial charge < -0.3 is 14.8 Å². The highest BCUT2D eigenvalue weighted by Crippen LogP contribution is 2.19. The molecular formula is C13H12INO3. The minimum atomic E-state index is -0.280. The molecule has 5 heteroatoms. The van der Waals surface area contributed by atoms with E-state index in [-0.39, 0.29) is 11.7 Å². The molecule has 0 saturated carbocycles. The standard InChI is InChI=1S/C13H12INO3/c14-9-3-4-12(16)11(8-9)13(17)15-6-5-10-2-1-7-18-10/h1-4,7-8,16H,5-6H2,(H,15,17). The maximum Gasteiger partial charge on any atom is 0.255 e. The molecule has 4 nitrogen and oxygen atoms in total. The van der Waals surface area contributed by atoms with Gasteiger partial charge in [0.25, 0.3) is 5.91 Å². The number of carbonyl (C=O) groups is 1. The van der Waals surface area contributed by atoms with Crippen LogP contribution in [0.2, 0.25) is 0 Å². The van der Waals surface area contributed by atoms with Crippen LogP contribution in [0.5, 0.6) is 5.75 Å². The second kappa shape index (κ2) is 5.90. The van der Waals surface area contributed by atoms with Gasteiger partial charge in [0.15, 0.2) is 0 Å². The van der Waals surface area contributed by atoms with Gasteiger partial charge in [-0.2, -0.15) is 0 Å². The first-order valence-electron chi connectivity index (χ1n) is 5.46. The van der Waals surface area contributed by atoms with Crippen molar-refractivity contribution in [3.63, 3.8) is 0 Å². The zero-order chi connectivity index (χ0) is 13.0. The second-order valence-electron chi connectivity index (χ2n) is 3.75. The van der Waals surface area contributed by atoms with E-state index in [0.717, 1.165) is 9.33 Å². The molecule has 0 atom stereocenters. The molecule has 0 fully saturated rings. The van der Waals surface area contributed by atoms with Crippen molar-refractivity contribution in [1.82, 2.24) is 5.32 Å². The second-order valence-corrected chi connectivity index (χ2v) is 4.99. The Labute approximate surface area is 118 Å². The molecule has 2 N–H and O–H groups in total. The van der Waals surface area contributed by atoms with Gasteiger partial charge in [0, 0.05) is 16.5 Å². The first-order chi connectivity index (χ1) is 8.66. The van der Waals surface area contributed by atoms with Crippen molar-refractivity contribution in [2.24, 2.45) is 0 Å². The van der Waals surface area contributed by atoms with E-state index in [4.69, 9.17) is 4.42 Å². The van der Waals surface area contributed by atoms with Crippen molar-refractivity contribution in [2.45, 2.75) is 6.42 Å². The summed E-state index contributed by atoms with van der Waals surface area (Å²) in [5, 5.41) is 12.3. The smallest absolute Gasteiger partial charge is 0.255 e. The van der Waals surface area contributed by atoms with E-state index in [1.54, 1.807) is 18.4 Å². The minimum absolute atomic E-state index is 0.00841.